The summed E-state index contributed by atoms with van der Waals surface area (Å²) < 4.78 is 19.5. The maximum atomic E-state index is 11.2. The highest BCUT2D eigenvalue weighted by molar-refractivity contribution is 7.51. The third kappa shape index (κ3) is 7.52. The van der Waals surface area contributed by atoms with Crippen LogP contribution in [0.1, 0.15) is 5.56 Å². The van der Waals surface area contributed by atoms with Crippen LogP contribution in [0.2, 0.25) is 0 Å². The number of hydrogen-bond acceptors (Lipinski definition) is 5. The molecule has 0 saturated carbocycles. The monoisotopic (exact) mass is 303 g/mol. The fourth-order valence-electron chi connectivity index (χ4n) is 1.13. The van der Waals surface area contributed by atoms with E-state index in [4.69, 9.17) is 14.5 Å². The predicted octanol–water partition coefficient (Wildman–Crippen LogP) is 0.591. The Morgan fingerprint density at radius 1 is 1.15 bits per heavy atom. The van der Waals surface area contributed by atoms with Crippen LogP contribution < -0.4 is 5.32 Å². The number of alkyl carbamates (subject to hydrolysis) is 1. The second kappa shape index (κ2) is 7.64. The van der Waals surface area contributed by atoms with Gasteiger partial charge in [0.05, 0.1) is 0 Å². The third-order valence-electron chi connectivity index (χ3n) is 1.98. The first-order valence-electron chi connectivity index (χ1n) is 5.51. The van der Waals surface area contributed by atoms with Crippen molar-refractivity contribution in [2.45, 2.75) is 6.61 Å². The molecule has 0 fully saturated rings. The molecule has 0 spiro atoms. The number of ether oxygens (including phenoxy) is 2. The number of benzene rings is 1. The summed E-state index contributed by atoms with van der Waals surface area (Å²) in [4.78, 5) is 39.2. The Balaban J connectivity index is 2.20. The van der Waals surface area contributed by atoms with Crippen LogP contribution in [0.4, 0.5) is 4.79 Å². The van der Waals surface area contributed by atoms with Crippen molar-refractivity contribution in [2.75, 3.05) is 12.9 Å². The van der Waals surface area contributed by atoms with Gasteiger partial charge in [0.15, 0.2) is 6.35 Å². The molecule has 0 aliphatic heterocycles. The van der Waals surface area contributed by atoms with Gasteiger partial charge >= 0.3 is 19.7 Å². The van der Waals surface area contributed by atoms with Crippen LogP contribution in [-0.2, 0) is 25.4 Å². The highest BCUT2D eigenvalue weighted by Gasteiger charge is 2.16. The van der Waals surface area contributed by atoms with E-state index < -0.39 is 32.6 Å². The number of hydrogen-bond donors (Lipinski definition) is 3. The molecule has 0 aromatic heterocycles. The van der Waals surface area contributed by atoms with Crippen molar-refractivity contribution in [3.8, 4) is 0 Å². The van der Waals surface area contributed by atoms with Crippen LogP contribution in [0.3, 0.4) is 0 Å². The highest BCUT2D eigenvalue weighted by Crippen LogP contribution is 2.33. The molecule has 0 radical (unpaired) electrons. The third-order valence-corrected chi connectivity index (χ3v) is 2.45. The molecule has 1 aromatic carbocycles. The lowest BCUT2D eigenvalue weighted by molar-refractivity contribution is -0.140. The zero-order chi connectivity index (χ0) is 15.0. The number of esters is 1. The van der Waals surface area contributed by atoms with E-state index >= 15 is 0 Å². The number of carbonyl (C=O) groups is 2. The summed E-state index contributed by atoms with van der Waals surface area (Å²) in [7, 11) is -4.41. The first-order valence-corrected chi connectivity index (χ1v) is 7.31. The van der Waals surface area contributed by atoms with E-state index in [1.165, 1.54) is 0 Å². The van der Waals surface area contributed by atoms with Gasteiger partial charge in [-0.1, -0.05) is 30.3 Å². The average molecular weight is 303 g/mol. The Bertz CT molecular complexity index is 499. The maximum Gasteiger partial charge on any atom is 0.407 e. The van der Waals surface area contributed by atoms with E-state index in [9.17, 15) is 14.2 Å². The van der Waals surface area contributed by atoms with Crippen LogP contribution in [-0.4, -0.2) is 34.7 Å². The molecule has 0 aliphatic carbocycles. The topological polar surface area (TPSA) is 122 Å². The minimum absolute atomic E-state index is 0.0458. The molecule has 3 N–H and O–H groups in total. The summed E-state index contributed by atoms with van der Waals surface area (Å²) in [5.74, 6) is -0.968. The fourth-order valence-corrected chi connectivity index (χ4v) is 1.44. The van der Waals surface area contributed by atoms with Gasteiger partial charge in [-0.15, -0.1) is 0 Å². The van der Waals surface area contributed by atoms with Gasteiger partial charge in [-0.3, -0.25) is 9.36 Å². The number of nitrogens with one attached hydrogen (secondary N) is 1. The predicted molar refractivity (Wildman–Crippen MR) is 67.6 cm³/mol. The molecular formula is C11H14NO7P. The molecule has 20 heavy (non-hydrogen) atoms. The Morgan fingerprint density at radius 2 is 1.80 bits per heavy atom. The van der Waals surface area contributed by atoms with Gasteiger partial charge in [-0.2, -0.15) is 0 Å². The lowest BCUT2D eigenvalue weighted by Gasteiger charge is -2.08. The summed E-state index contributed by atoms with van der Waals surface area (Å²) >= 11 is 0. The summed E-state index contributed by atoms with van der Waals surface area (Å²) in [6.07, 6.45) is -1.85. The molecule has 0 bridgehead atoms. The lowest BCUT2D eigenvalue weighted by Crippen LogP contribution is -2.31. The minimum atomic E-state index is -4.41. The molecule has 1 amide bonds. The molecule has 0 unspecified atom stereocenters. The van der Waals surface area contributed by atoms with Crippen molar-refractivity contribution in [3.05, 3.63) is 35.9 Å². The number of amides is 1. The lowest BCUT2D eigenvalue weighted by atomic mass is 10.2. The SMILES string of the molecule is O=C(CNC(=O)OCc1ccccc1)OCP(=O)(O)O. The summed E-state index contributed by atoms with van der Waals surface area (Å²) in [5, 5.41) is 2.10. The van der Waals surface area contributed by atoms with Crippen molar-refractivity contribution >= 4 is 19.7 Å². The van der Waals surface area contributed by atoms with Crippen molar-refractivity contribution in [1.82, 2.24) is 5.32 Å². The molecule has 0 heterocycles. The molecule has 0 atom stereocenters. The summed E-state index contributed by atoms with van der Waals surface area (Å²) in [6.45, 7) is -0.488. The van der Waals surface area contributed by atoms with E-state index in [2.05, 4.69) is 10.1 Å². The van der Waals surface area contributed by atoms with Crippen LogP contribution in [0.25, 0.3) is 0 Å². The van der Waals surface area contributed by atoms with Crippen LogP contribution in [0, 0.1) is 0 Å². The summed E-state index contributed by atoms with van der Waals surface area (Å²) in [5.41, 5.74) is 0.784. The smallest absolute Gasteiger partial charge is 0.407 e. The Hall–Kier alpha value is -1.89. The molecule has 1 rings (SSSR count). The van der Waals surface area contributed by atoms with Gasteiger partial charge < -0.3 is 24.6 Å². The van der Waals surface area contributed by atoms with Gasteiger partial charge in [0, 0.05) is 0 Å². The molecule has 0 aliphatic rings. The van der Waals surface area contributed by atoms with Crippen molar-refractivity contribution in [3.63, 3.8) is 0 Å². The average Bonchev–Trinajstić information content (AvgIpc) is 2.41. The van der Waals surface area contributed by atoms with E-state index in [-0.39, 0.29) is 6.61 Å². The zero-order valence-corrected chi connectivity index (χ0v) is 11.3. The number of rotatable bonds is 6. The largest absolute Gasteiger partial charge is 0.451 e. The van der Waals surface area contributed by atoms with Gasteiger partial charge in [0.2, 0.25) is 0 Å². The van der Waals surface area contributed by atoms with E-state index in [0.717, 1.165) is 5.56 Å². The Labute approximate surface area is 114 Å². The standard InChI is InChI=1S/C11H14NO7P/c13-10(19-8-20(15,16)17)6-12-11(14)18-7-9-4-2-1-3-5-9/h1-5H,6-8H2,(H,12,14)(H2,15,16,17). The van der Waals surface area contributed by atoms with Gasteiger partial charge in [-0.05, 0) is 5.56 Å². The quantitative estimate of drug-likeness (QED) is 0.519. The molecule has 9 heteroatoms. The molecular weight excluding hydrogens is 289 g/mol. The van der Waals surface area contributed by atoms with Gasteiger partial charge in [0.1, 0.15) is 13.2 Å². The van der Waals surface area contributed by atoms with Crippen molar-refractivity contribution in [1.29, 1.82) is 0 Å². The van der Waals surface area contributed by atoms with E-state index in [1.807, 2.05) is 6.07 Å². The molecule has 1 aromatic rings. The van der Waals surface area contributed by atoms with Crippen LogP contribution in [0.15, 0.2) is 30.3 Å². The second-order valence-corrected chi connectivity index (χ2v) is 5.31. The van der Waals surface area contributed by atoms with E-state index in [0.29, 0.717) is 0 Å². The molecule has 8 nitrogen and oxygen atoms in total. The Kier molecular flexibility index (Phi) is 6.17. The maximum absolute atomic E-state index is 11.2. The van der Waals surface area contributed by atoms with Crippen LogP contribution in [0.5, 0.6) is 0 Å². The molecule has 0 saturated heterocycles. The van der Waals surface area contributed by atoms with Crippen LogP contribution >= 0.6 is 7.60 Å². The molecule has 110 valence electrons. The second-order valence-electron chi connectivity index (χ2n) is 3.73. The Morgan fingerprint density at radius 3 is 2.40 bits per heavy atom. The van der Waals surface area contributed by atoms with Gasteiger partial charge in [0.25, 0.3) is 0 Å². The van der Waals surface area contributed by atoms with E-state index in [1.54, 1.807) is 24.3 Å². The minimum Gasteiger partial charge on any atom is -0.451 e. The first kappa shape index (κ1) is 16.2. The summed E-state index contributed by atoms with van der Waals surface area (Å²) in [6, 6.07) is 8.93. The number of carbonyl (C=O) groups excluding carboxylic acids is 2. The zero-order valence-electron chi connectivity index (χ0n) is 10.4. The highest BCUT2D eigenvalue weighted by atomic mass is 31.2. The van der Waals surface area contributed by atoms with Gasteiger partial charge in [-0.25, -0.2) is 4.79 Å². The normalized spacial score (nSPS) is 10.7. The van der Waals surface area contributed by atoms with Crippen molar-refractivity contribution in [2.24, 2.45) is 0 Å². The fraction of sp³-hybridized carbons (Fsp3) is 0.273. The first-order chi connectivity index (χ1) is 9.37. The van der Waals surface area contributed by atoms with Crippen molar-refractivity contribution < 1.29 is 33.4 Å².